The summed E-state index contributed by atoms with van der Waals surface area (Å²) >= 11 is 0. The van der Waals surface area contributed by atoms with Crippen molar-refractivity contribution in [2.75, 3.05) is 0 Å². The summed E-state index contributed by atoms with van der Waals surface area (Å²) in [4.78, 5) is 0. The zero-order valence-corrected chi connectivity index (χ0v) is 7.99. The van der Waals surface area contributed by atoms with E-state index in [-0.39, 0.29) is 0 Å². The van der Waals surface area contributed by atoms with Crippen molar-refractivity contribution in [1.29, 1.82) is 5.26 Å². The maximum Gasteiger partial charge on any atom is 0.118 e. The van der Waals surface area contributed by atoms with Gasteiger partial charge >= 0.3 is 0 Å². The van der Waals surface area contributed by atoms with Gasteiger partial charge in [-0.05, 0) is 17.0 Å². The highest BCUT2D eigenvalue weighted by Gasteiger charge is 2.05. The second-order valence-corrected chi connectivity index (χ2v) is 3.43. The molecule has 0 heterocycles. The molecule has 1 unspecified atom stereocenters. The van der Waals surface area contributed by atoms with Gasteiger partial charge in [-0.3, -0.25) is 0 Å². The first-order chi connectivity index (χ1) is 6.15. The molecule has 68 valence electrons. The van der Waals surface area contributed by atoms with Gasteiger partial charge in [0, 0.05) is 0 Å². The van der Waals surface area contributed by atoms with Gasteiger partial charge in [0.05, 0.1) is 6.07 Å². The number of benzene rings is 1. The largest absolute Gasteiger partial charge is 0.312 e. The molecular weight excluding hydrogens is 160 g/mol. The molecule has 1 aromatic rings. The third-order valence-electron chi connectivity index (χ3n) is 2.08. The SMILES string of the molecule is CC(C)c1cccc(C(N)C#N)c1. The fourth-order valence-corrected chi connectivity index (χ4v) is 1.19. The summed E-state index contributed by atoms with van der Waals surface area (Å²) in [5, 5.41) is 8.64. The summed E-state index contributed by atoms with van der Waals surface area (Å²) < 4.78 is 0. The summed E-state index contributed by atoms with van der Waals surface area (Å²) in [6, 6.07) is 9.41. The number of nitrogens with two attached hydrogens (primary N) is 1. The first-order valence-electron chi connectivity index (χ1n) is 4.40. The number of nitriles is 1. The van der Waals surface area contributed by atoms with Crippen molar-refractivity contribution in [2.45, 2.75) is 25.8 Å². The lowest BCUT2D eigenvalue weighted by atomic mass is 9.98. The van der Waals surface area contributed by atoms with Crippen LogP contribution in [0.4, 0.5) is 0 Å². The van der Waals surface area contributed by atoms with E-state index < -0.39 is 6.04 Å². The summed E-state index contributed by atoms with van der Waals surface area (Å²) in [5.41, 5.74) is 7.72. The Hall–Kier alpha value is -1.33. The van der Waals surface area contributed by atoms with Crippen LogP contribution in [0.2, 0.25) is 0 Å². The molecule has 0 saturated heterocycles. The first-order valence-corrected chi connectivity index (χ1v) is 4.40. The number of hydrogen-bond acceptors (Lipinski definition) is 2. The number of hydrogen-bond donors (Lipinski definition) is 1. The zero-order valence-electron chi connectivity index (χ0n) is 7.99. The molecule has 2 N–H and O–H groups in total. The number of nitrogens with zero attached hydrogens (tertiary/aromatic N) is 1. The van der Waals surface area contributed by atoms with Gasteiger partial charge in [-0.15, -0.1) is 0 Å². The molecule has 0 aliphatic carbocycles. The molecule has 1 atom stereocenters. The van der Waals surface area contributed by atoms with Crippen molar-refractivity contribution in [3.63, 3.8) is 0 Å². The van der Waals surface area contributed by atoms with E-state index in [1.54, 1.807) is 0 Å². The molecule has 0 aliphatic heterocycles. The Labute approximate surface area is 79.0 Å². The van der Waals surface area contributed by atoms with Crippen molar-refractivity contribution in [1.82, 2.24) is 0 Å². The first kappa shape index (κ1) is 9.76. The molecule has 2 nitrogen and oxygen atoms in total. The van der Waals surface area contributed by atoms with Crippen LogP contribution in [0.25, 0.3) is 0 Å². The molecule has 0 aliphatic rings. The summed E-state index contributed by atoms with van der Waals surface area (Å²) in [6.45, 7) is 4.24. The second kappa shape index (κ2) is 4.06. The van der Waals surface area contributed by atoms with Crippen molar-refractivity contribution in [2.24, 2.45) is 5.73 Å². The molecule has 1 rings (SSSR count). The maximum atomic E-state index is 8.64. The van der Waals surface area contributed by atoms with Gasteiger partial charge in [-0.25, -0.2) is 0 Å². The minimum atomic E-state index is -0.501. The quantitative estimate of drug-likeness (QED) is 0.748. The highest BCUT2D eigenvalue weighted by molar-refractivity contribution is 5.30. The monoisotopic (exact) mass is 174 g/mol. The standard InChI is InChI=1S/C11H14N2/c1-8(2)9-4-3-5-10(6-9)11(13)7-12/h3-6,8,11H,13H2,1-2H3. The van der Waals surface area contributed by atoms with Crippen molar-refractivity contribution in [3.05, 3.63) is 35.4 Å². The van der Waals surface area contributed by atoms with Crippen LogP contribution in [0.1, 0.15) is 36.9 Å². The molecular formula is C11H14N2. The Bertz CT molecular complexity index is 323. The van der Waals surface area contributed by atoms with Crippen LogP contribution in [0.15, 0.2) is 24.3 Å². The van der Waals surface area contributed by atoms with Crippen LogP contribution in [0, 0.1) is 11.3 Å². The molecule has 0 radical (unpaired) electrons. The predicted molar refractivity (Wildman–Crippen MR) is 53.1 cm³/mol. The third-order valence-corrected chi connectivity index (χ3v) is 2.08. The fraction of sp³-hybridized carbons (Fsp3) is 0.364. The highest BCUT2D eigenvalue weighted by Crippen LogP contribution is 2.18. The topological polar surface area (TPSA) is 49.8 Å². The Kier molecular flexibility index (Phi) is 3.05. The molecule has 0 fully saturated rings. The van der Waals surface area contributed by atoms with Crippen LogP contribution >= 0.6 is 0 Å². The van der Waals surface area contributed by atoms with E-state index in [4.69, 9.17) is 11.0 Å². The zero-order chi connectivity index (χ0) is 9.84. The molecule has 1 aromatic carbocycles. The highest BCUT2D eigenvalue weighted by atomic mass is 14.6. The lowest BCUT2D eigenvalue weighted by Gasteiger charge is -2.08. The van der Waals surface area contributed by atoms with Crippen LogP contribution in [0.5, 0.6) is 0 Å². The molecule has 0 amide bonds. The van der Waals surface area contributed by atoms with Gasteiger partial charge in [-0.2, -0.15) is 5.26 Å². The van der Waals surface area contributed by atoms with Gasteiger partial charge in [0.1, 0.15) is 6.04 Å². The second-order valence-electron chi connectivity index (χ2n) is 3.43. The third kappa shape index (κ3) is 2.30. The minimum Gasteiger partial charge on any atom is -0.312 e. The lowest BCUT2D eigenvalue weighted by Crippen LogP contribution is -2.07. The van der Waals surface area contributed by atoms with Crippen LogP contribution in [0.3, 0.4) is 0 Å². The Morgan fingerprint density at radius 1 is 1.31 bits per heavy atom. The van der Waals surface area contributed by atoms with Crippen molar-refractivity contribution >= 4 is 0 Å². The van der Waals surface area contributed by atoms with Gasteiger partial charge < -0.3 is 5.73 Å². The molecule has 0 aromatic heterocycles. The average molecular weight is 174 g/mol. The van der Waals surface area contributed by atoms with Crippen molar-refractivity contribution < 1.29 is 0 Å². The van der Waals surface area contributed by atoms with Crippen LogP contribution < -0.4 is 5.73 Å². The van der Waals surface area contributed by atoms with Crippen LogP contribution in [-0.4, -0.2) is 0 Å². The Balaban J connectivity index is 3.00. The smallest absolute Gasteiger partial charge is 0.118 e. The van der Waals surface area contributed by atoms with Crippen LogP contribution in [-0.2, 0) is 0 Å². The van der Waals surface area contributed by atoms with Gasteiger partial charge in [-0.1, -0.05) is 38.1 Å². The Morgan fingerprint density at radius 2 is 1.92 bits per heavy atom. The van der Waals surface area contributed by atoms with E-state index in [1.165, 1.54) is 5.56 Å². The molecule has 0 spiro atoms. The van der Waals surface area contributed by atoms with Gasteiger partial charge in [0.2, 0.25) is 0 Å². The molecule has 13 heavy (non-hydrogen) atoms. The fourth-order valence-electron chi connectivity index (χ4n) is 1.19. The normalized spacial score (nSPS) is 12.5. The van der Waals surface area contributed by atoms with Crippen molar-refractivity contribution in [3.8, 4) is 6.07 Å². The number of rotatable bonds is 2. The van der Waals surface area contributed by atoms with E-state index in [0.29, 0.717) is 5.92 Å². The average Bonchev–Trinajstić information content (AvgIpc) is 2.17. The molecule has 2 heteroatoms. The summed E-state index contributed by atoms with van der Waals surface area (Å²) in [5.74, 6) is 0.478. The van der Waals surface area contributed by atoms with E-state index in [1.807, 2.05) is 24.3 Å². The maximum absolute atomic E-state index is 8.64. The molecule has 0 saturated carbocycles. The van der Waals surface area contributed by atoms with E-state index in [2.05, 4.69) is 19.9 Å². The van der Waals surface area contributed by atoms with Gasteiger partial charge in [0.15, 0.2) is 0 Å². The predicted octanol–water partition coefficient (Wildman–Crippen LogP) is 2.33. The summed E-state index contributed by atoms with van der Waals surface area (Å²) in [7, 11) is 0. The lowest BCUT2D eigenvalue weighted by molar-refractivity contribution is 0.852. The summed E-state index contributed by atoms with van der Waals surface area (Å²) in [6.07, 6.45) is 0. The van der Waals surface area contributed by atoms with E-state index in [0.717, 1.165) is 5.56 Å². The minimum absolute atomic E-state index is 0.478. The van der Waals surface area contributed by atoms with E-state index >= 15 is 0 Å². The molecule has 0 bridgehead atoms. The van der Waals surface area contributed by atoms with E-state index in [9.17, 15) is 0 Å². The Morgan fingerprint density at radius 3 is 2.46 bits per heavy atom. The van der Waals surface area contributed by atoms with Gasteiger partial charge in [0.25, 0.3) is 0 Å².